The first kappa shape index (κ1) is 10.2. The van der Waals surface area contributed by atoms with E-state index in [1.54, 1.807) is 7.05 Å². The van der Waals surface area contributed by atoms with Crippen LogP contribution in [-0.2, 0) is 0 Å². The minimum atomic E-state index is 0.122. The van der Waals surface area contributed by atoms with Crippen LogP contribution in [0.1, 0.15) is 20.3 Å². The van der Waals surface area contributed by atoms with Crippen molar-refractivity contribution in [3.63, 3.8) is 0 Å². The first-order valence-corrected chi connectivity index (χ1v) is 3.63. The van der Waals surface area contributed by atoms with Crippen molar-refractivity contribution in [2.24, 2.45) is 10.7 Å². The predicted molar refractivity (Wildman–Crippen MR) is 47.6 cm³/mol. The molecule has 0 saturated carbocycles. The van der Waals surface area contributed by atoms with Gasteiger partial charge in [-0.05, 0) is 25.8 Å². The fourth-order valence-electron chi connectivity index (χ4n) is 0.910. The maximum atomic E-state index is 8.69. The number of allylic oxidation sites excluding steroid dienone is 1. The third-order valence-electron chi connectivity index (χ3n) is 1.61. The monoisotopic (exact) mass is 156 g/mol. The summed E-state index contributed by atoms with van der Waals surface area (Å²) in [6.45, 7) is 3.83. The van der Waals surface area contributed by atoms with Gasteiger partial charge in [-0.2, -0.15) is 0 Å². The van der Waals surface area contributed by atoms with Gasteiger partial charge in [-0.3, -0.25) is 4.99 Å². The fourth-order valence-corrected chi connectivity index (χ4v) is 0.910. The molecule has 0 fully saturated rings. The Labute approximate surface area is 67.6 Å². The highest BCUT2D eigenvalue weighted by atomic mass is 16.2. The Bertz CT molecular complexity index is 179. The Morgan fingerprint density at radius 3 is 2.27 bits per heavy atom. The molecule has 0 unspecified atom stereocenters. The molecule has 0 aliphatic heterocycles. The zero-order valence-electron chi connectivity index (χ0n) is 7.39. The molecular formula is C8H16N2O. The van der Waals surface area contributed by atoms with E-state index in [1.165, 1.54) is 0 Å². The van der Waals surface area contributed by atoms with Gasteiger partial charge in [0.1, 0.15) is 0 Å². The molecule has 0 aromatic carbocycles. The molecule has 0 aliphatic rings. The van der Waals surface area contributed by atoms with Gasteiger partial charge in [0.15, 0.2) is 0 Å². The van der Waals surface area contributed by atoms with E-state index in [9.17, 15) is 0 Å². The van der Waals surface area contributed by atoms with Crippen molar-refractivity contribution in [2.75, 3.05) is 13.7 Å². The van der Waals surface area contributed by atoms with Crippen LogP contribution in [0.3, 0.4) is 0 Å². The van der Waals surface area contributed by atoms with Crippen LogP contribution in [0.5, 0.6) is 0 Å². The number of aliphatic hydroxyl groups is 1. The Morgan fingerprint density at radius 2 is 2.00 bits per heavy atom. The van der Waals surface area contributed by atoms with Gasteiger partial charge in [-0.15, -0.1) is 0 Å². The summed E-state index contributed by atoms with van der Waals surface area (Å²) in [7, 11) is 1.72. The topological polar surface area (TPSA) is 58.6 Å². The van der Waals surface area contributed by atoms with Crippen LogP contribution in [0.15, 0.2) is 16.3 Å². The maximum Gasteiger partial charge on any atom is 0.0472 e. The van der Waals surface area contributed by atoms with Gasteiger partial charge in [0.05, 0.1) is 0 Å². The molecule has 0 aliphatic carbocycles. The van der Waals surface area contributed by atoms with Crippen molar-refractivity contribution in [3.8, 4) is 0 Å². The van der Waals surface area contributed by atoms with Crippen LogP contribution in [0, 0.1) is 0 Å². The number of nitrogens with zero attached hydrogens (tertiary/aromatic N) is 1. The molecule has 11 heavy (non-hydrogen) atoms. The summed E-state index contributed by atoms with van der Waals surface area (Å²) in [4.78, 5) is 4.00. The zero-order valence-corrected chi connectivity index (χ0v) is 7.39. The number of aliphatic hydroxyl groups excluding tert-OH is 1. The van der Waals surface area contributed by atoms with Crippen molar-refractivity contribution < 1.29 is 5.11 Å². The molecule has 0 spiro atoms. The minimum absolute atomic E-state index is 0.122. The van der Waals surface area contributed by atoms with Crippen molar-refractivity contribution in [1.29, 1.82) is 0 Å². The number of nitrogens with two attached hydrogens (primary N) is 1. The van der Waals surface area contributed by atoms with Crippen molar-refractivity contribution in [2.45, 2.75) is 20.3 Å². The number of rotatable bonds is 3. The molecule has 0 amide bonds. The molecule has 0 bridgehead atoms. The van der Waals surface area contributed by atoms with Gasteiger partial charge in [-0.25, -0.2) is 0 Å². The highest BCUT2D eigenvalue weighted by Gasteiger charge is 2.02. The third-order valence-corrected chi connectivity index (χ3v) is 1.61. The van der Waals surface area contributed by atoms with Crippen LogP contribution >= 0.6 is 0 Å². The van der Waals surface area contributed by atoms with Crippen LogP contribution in [0.2, 0.25) is 0 Å². The summed E-state index contributed by atoms with van der Waals surface area (Å²) in [6.07, 6.45) is 0.589. The van der Waals surface area contributed by atoms with Crippen molar-refractivity contribution in [1.82, 2.24) is 0 Å². The Balaban J connectivity index is 4.50. The average Bonchev–Trinajstić information content (AvgIpc) is 1.98. The van der Waals surface area contributed by atoms with Gasteiger partial charge < -0.3 is 10.8 Å². The van der Waals surface area contributed by atoms with E-state index >= 15 is 0 Å². The molecule has 3 nitrogen and oxygen atoms in total. The second kappa shape index (κ2) is 4.91. The van der Waals surface area contributed by atoms with Gasteiger partial charge in [0, 0.05) is 25.1 Å². The normalized spacial score (nSPS) is 14.7. The van der Waals surface area contributed by atoms with Gasteiger partial charge in [0.25, 0.3) is 0 Å². The van der Waals surface area contributed by atoms with Crippen LogP contribution in [0.25, 0.3) is 0 Å². The summed E-state index contributed by atoms with van der Waals surface area (Å²) in [6, 6.07) is 0. The average molecular weight is 156 g/mol. The van der Waals surface area contributed by atoms with Crippen molar-refractivity contribution in [3.05, 3.63) is 11.3 Å². The lowest BCUT2D eigenvalue weighted by Gasteiger charge is -2.06. The molecule has 0 radical (unpaired) electrons. The molecule has 0 rings (SSSR count). The highest BCUT2D eigenvalue weighted by molar-refractivity contribution is 5.98. The fraction of sp³-hybridized carbons (Fsp3) is 0.625. The van der Waals surface area contributed by atoms with Gasteiger partial charge >= 0.3 is 0 Å². The van der Waals surface area contributed by atoms with Gasteiger partial charge in [0.2, 0.25) is 0 Å². The number of hydrogen-bond donors (Lipinski definition) is 2. The largest absolute Gasteiger partial charge is 0.402 e. The highest BCUT2D eigenvalue weighted by Crippen LogP contribution is 2.06. The van der Waals surface area contributed by atoms with Crippen LogP contribution < -0.4 is 5.73 Å². The SMILES string of the molecule is CN=C(C)/C(CCO)=C(/C)N. The molecule has 3 heteroatoms. The van der Waals surface area contributed by atoms with E-state index in [-0.39, 0.29) is 6.61 Å². The van der Waals surface area contributed by atoms with Gasteiger partial charge in [-0.1, -0.05) is 0 Å². The first-order valence-electron chi connectivity index (χ1n) is 3.63. The molecule has 0 aromatic heterocycles. The molecule has 0 aromatic rings. The van der Waals surface area contributed by atoms with E-state index in [2.05, 4.69) is 4.99 Å². The van der Waals surface area contributed by atoms with Crippen LogP contribution in [-0.4, -0.2) is 24.5 Å². The summed E-state index contributed by atoms with van der Waals surface area (Å²) >= 11 is 0. The second-order valence-corrected chi connectivity index (χ2v) is 2.44. The van der Waals surface area contributed by atoms with E-state index in [1.807, 2.05) is 13.8 Å². The first-order chi connectivity index (χ1) is 5.13. The lowest BCUT2D eigenvalue weighted by Crippen LogP contribution is -2.07. The van der Waals surface area contributed by atoms with E-state index in [0.717, 1.165) is 17.0 Å². The van der Waals surface area contributed by atoms with Crippen LogP contribution in [0.4, 0.5) is 0 Å². The molecule has 0 heterocycles. The summed E-state index contributed by atoms with van der Waals surface area (Å²) in [5, 5.41) is 8.69. The summed E-state index contributed by atoms with van der Waals surface area (Å²) < 4.78 is 0. The molecule has 3 N–H and O–H groups in total. The molecule has 0 atom stereocenters. The third kappa shape index (κ3) is 3.18. The number of hydrogen-bond acceptors (Lipinski definition) is 3. The molecule has 64 valence electrons. The quantitative estimate of drug-likeness (QED) is 0.591. The molecule has 0 saturated heterocycles. The van der Waals surface area contributed by atoms with Crippen molar-refractivity contribution >= 4 is 5.71 Å². The zero-order chi connectivity index (χ0) is 8.85. The molecular weight excluding hydrogens is 140 g/mol. The van der Waals surface area contributed by atoms with E-state index in [0.29, 0.717) is 6.42 Å². The van der Waals surface area contributed by atoms with E-state index in [4.69, 9.17) is 10.8 Å². The lowest BCUT2D eigenvalue weighted by molar-refractivity contribution is 0.300. The Morgan fingerprint density at radius 1 is 1.45 bits per heavy atom. The maximum absolute atomic E-state index is 8.69. The minimum Gasteiger partial charge on any atom is -0.402 e. The lowest BCUT2D eigenvalue weighted by atomic mass is 10.1. The summed E-state index contributed by atoms with van der Waals surface area (Å²) in [5.74, 6) is 0. The van der Waals surface area contributed by atoms with E-state index < -0.39 is 0 Å². The Hall–Kier alpha value is -0.830. The Kier molecular flexibility index (Phi) is 4.54. The smallest absolute Gasteiger partial charge is 0.0472 e. The number of aliphatic imine (C=N–C) groups is 1. The summed E-state index contributed by atoms with van der Waals surface area (Å²) in [5.41, 5.74) is 8.18. The second-order valence-electron chi connectivity index (χ2n) is 2.44. The predicted octanol–water partition coefficient (Wildman–Crippen LogP) is 0.692. The standard InChI is InChI=1S/C8H16N2O/c1-6(9)8(4-5-11)7(2)10-3/h11H,4-5,9H2,1-3H3/b8-6-,10-7?.